The second kappa shape index (κ2) is 8.52. The summed E-state index contributed by atoms with van der Waals surface area (Å²) in [6.45, 7) is 3.59. The molecule has 1 aromatic carbocycles. The normalized spacial score (nSPS) is 18.2. The van der Waals surface area contributed by atoms with Crippen molar-refractivity contribution >= 4 is 17.5 Å². The molecule has 1 N–H and O–H groups in total. The predicted molar refractivity (Wildman–Crippen MR) is 108 cm³/mol. The molecule has 2 amide bonds. The fourth-order valence-electron chi connectivity index (χ4n) is 3.88. The lowest BCUT2D eigenvalue weighted by molar-refractivity contribution is 0.0749. The molecule has 2 aromatic rings. The molecule has 0 bridgehead atoms. The highest BCUT2D eigenvalue weighted by Crippen LogP contribution is 2.26. The van der Waals surface area contributed by atoms with Crippen LogP contribution in [0.3, 0.4) is 0 Å². The highest BCUT2D eigenvalue weighted by molar-refractivity contribution is 6.05. The molecular formula is C22H26N4O2. The Kier molecular flexibility index (Phi) is 5.67. The summed E-state index contributed by atoms with van der Waals surface area (Å²) in [6.07, 6.45) is 8.12. The maximum atomic E-state index is 13.0. The third kappa shape index (κ3) is 4.22. The molecule has 6 heteroatoms. The van der Waals surface area contributed by atoms with Crippen molar-refractivity contribution in [1.29, 1.82) is 0 Å². The summed E-state index contributed by atoms with van der Waals surface area (Å²) in [7, 11) is 0. The second-order valence-corrected chi connectivity index (χ2v) is 7.54. The van der Waals surface area contributed by atoms with E-state index < -0.39 is 0 Å². The Morgan fingerprint density at radius 2 is 1.75 bits per heavy atom. The highest BCUT2D eigenvalue weighted by atomic mass is 16.2. The number of rotatable bonds is 4. The lowest BCUT2D eigenvalue weighted by atomic mass is 9.91. The van der Waals surface area contributed by atoms with E-state index in [1.807, 2.05) is 17.0 Å². The summed E-state index contributed by atoms with van der Waals surface area (Å²) >= 11 is 0. The summed E-state index contributed by atoms with van der Waals surface area (Å²) in [5, 5.41) is 2.86. The summed E-state index contributed by atoms with van der Waals surface area (Å²) in [5.74, 6) is -0.173. The SMILES string of the molecule is O=C(Nc1cccc(C(=O)N2CCCN(C3CCC3)CC2)c1)c1ccncc1. The van der Waals surface area contributed by atoms with Crippen LogP contribution >= 0.6 is 0 Å². The van der Waals surface area contributed by atoms with E-state index in [1.54, 1.807) is 36.7 Å². The first kappa shape index (κ1) is 18.6. The molecule has 0 atom stereocenters. The van der Waals surface area contributed by atoms with E-state index in [4.69, 9.17) is 0 Å². The van der Waals surface area contributed by atoms with Gasteiger partial charge in [-0.3, -0.25) is 19.5 Å². The number of pyridine rings is 1. The Morgan fingerprint density at radius 1 is 0.929 bits per heavy atom. The van der Waals surface area contributed by atoms with E-state index in [1.165, 1.54) is 19.3 Å². The maximum Gasteiger partial charge on any atom is 0.255 e. The minimum atomic E-state index is -0.210. The minimum Gasteiger partial charge on any atom is -0.337 e. The van der Waals surface area contributed by atoms with Gasteiger partial charge in [0.15, 0.2) is 0 Å². The average Bonchev–Trinajstić information content (AvgIpc) is 2.93. The van der Waals surface area contributed by atoms with Crippen LogP contribution in [0.15, 0.2) is 48.8 Å². The van der Waals surface area contributed by atoms with Crippen LogP contribution in [-0.2, 0) is 0 Å². The van der Waals surface area contributed by atoms with Crippen molar-refractivity contribution in [3.8, 4) is 0 Å². The first-order chi connectivity index (χ1) is 13.7. The molecule has 1 saturated carbocycles. The number of hydrogen-bond donors (Lipinski definition) is 1. The molecule has 1 saturated heterocycles. The zero-order valence-corrected chi connectivity index (χ0v) is 16.0. The molecule has 0 radical (unpaired) electrons. The van der Waals surface area contributed by atoms with Gasteiger partial charge in [-0.25, -0.2) is 0 Å². The van der Waals surface area contributed by atoms with Crippen LogP contribution in [0.1, 0.15) is 46.4 Å². The topological polar surface area (TPSA) is 65.5 Å². The number of aromatic nitrogens is 1. The number of hydrogen-bond acceptors (Lipinski definition) is 4. The van der Waals surface area contributed by atoms with Crippen LogP contribution in [0, 0.1) is 0 Å². The van der Waals surface area contributed by atoms with E-state index in [9.17, 15) is 9.59 Å². The lowest BCUT2D eigenvalue weighted by Crippen LogP contribution is -2.42. The fraction of sp³-hybridized carbons (Fsp3) is 0.409. The van der Waals surface area contributed by atoms with E-state index in [-0.39, 0.29) is 11.8 Å². The number of nitrogens with zero attached hydrogens (tertiary/aromatic N) is 3. The zero-order valence-electron chi connectivity index (χ0n) is 16.0. The smallest absolute Gasteiger partial charge is 0.255 e. The van der Waals surface area contributed by atoms with E-state index >= 15 is 0 Å². The number of nitrogens with one attached hydrogen (secondary N) is 1. The second-order valence-electron chi connectivity index (χ2n) is 7.54. The molecule has 1 aliphatic heterocycles. The number of carbonyl (C=O) groups is 2. The average molecular weight is 378 g/mol. The van der Waals surface area contributed by atoms with Crippen LogP contribution in [0.5, 0.6) is 0 Å². The van der Waals surface area contributed by atoms with Gasteiger partial charge in [0, 0.05) is 61.4 Å². The molecule has 0 unspecified atom stereocenters. The van der Waals surface area contributed by atoms with Gasteiger partial charge in [0.25, 0.3) is 11.8 Å². The maximum absolute atomic E-state index is 13.0. The van der Waals surface area contributed by atoms with E-state index in [2.05, 4.69) is 15.2 Å². The number of carbonyl (C=O) groups excluding carboxylic acids is 2. The Hall–Kier alpha value is -2.73. The van der Waals surface area contributed by atoms with Crippen LogP contribution in [0.4, 0.5) is 5.69 Å². The van der Waals surface area contributed by atoms with Gasteiger partial charge in [0.2, 0.25) is 0 Å². The number of anilines is 1. The fourth-order valence-corrected chi connectivity index (χ4v) is 3.88. The molecule has 2 fully saturated rings. The van der Waals surface area contributed by atoms with Gasteiger partial charge in [-0.15, -0.1) is 0 Å². The van der Waals surface area contributed by atoms with Crippen LogP contribution in [0.2, 0.25) is 0 Å². The third-order valence-corrected chi connectivity index (χ3v) is 5.72. The van der Waals surface area contributed by atoms with Gasteiger partial charge < -0.3 is 10.2 Å². The summed E-state index contributed by atoms with van der Waals surface area (Å²) < 4.78 is 0. The molecular weight excluding hydrogens is 352 g/mol. The largest absolute Gasteiger partial charge is 0.337 e. The predicted octanol–water partition coefficient (Wildman–Crippen LogP) is 3.03. The van der Waals surface area contributed by atoms with Crippen molar-refractivity contribution in [1.82, 2.24) is 14.8 Å². The quantitative estimate of drug-likeness (QED) is 0.888. The molecule has 2 aliphatic rings. The zero-order chi connectivity index (χ0) is 19.3. The summed E-state index contributed by atoms with van der Waals surface area (Å²) in [6, 6.07) is 11.2. The molecule has 146 valence electrons. The number of benzene rings is 1. The minimum absolute atomic E-state index is 0.0375. The van der Waals surface area contributed by atoms with Crippen molar-refractivity contribution < 1.29 is 9.59 Å². The van der Waals surface area contributed by atoms with E-state index in [0.717, 1.165) is 38.6 Å². The lowest BCUT2D eigenvalue weighted by Gasteiger charge is -2.36. The van der Waals surface area contributed by atoms with Crippen molar-refractivity contribution in [3.63, 3.8) is 0 Å². The van der Waals surface area contributed by atoms with E-state index in [0.29, 0.717) is 16.8 Å². The van der Waals surface area contributed by atoms with Gasteiger partial charge in [-0.2, -0.15) is 0 Å². The van der Waals surface area contributed by atoms with Crippen molar-refractivity contribution in [3.05, 3.63) is 59.9 Å². The molecule has 0 spiro atoms. The Morgan fingerprint density at radius 3 is 2.50 bits per heavy atom. The van der Waals surface area contributed by atoms with Gasteiger partial charge >= 0.3 is 0 Å². The molecule has 1 aromatic heterocycles. The standard InChI is InChI=1S/C22H26N4O2/c27-21(17-8-10-23-11-9-17)24-19-5-1-4-18(16-19)22(28)26-13-3-12-25(14-15-26)20-6-2-7-20/h1,4-5,8-11,16,20H,2-3,6-7,12-15H2,(H,24,27). The van der Waals surface area contributed by atoms with Gasteiger partial charge in [0.1, 0.15) is 0 Å². The molecule has 2 heterocycles. The van der Waals surface area contributed by atoms with Gasteiger partial charge in [-0.1, -0.05) is 12.5 Å². The van der Waals surface area contributed by atoms with Crippen LogP contribution < -0.4 is 5.32 Å². The molecule has 6 nitrogen and oxygen atoms in total. The van der Waals surface area contributed by atoms with Crippen molar-refractivity contribution in [2.24, 2.45) is 0 Å². The Labute approximate surface area is 165 Å². The molecule has 4 rings (SSSR count). The van der Waals surface area contributed by atoms with Crippen LogP contribution in [-0.4, -0.2) is 58.8 Å². The van der Waals surface area contributed by atoms with Crippen molar-refractivity contribution in [2.45, 2.75) is 31.7 Å². The monoisotopic (exact) mass is 378 g/mol. The molecule has 1 aliphatic carbocycles. The Balaban J connectivity index is 1.40. The van der Waals surface area contributed by atoms with Crippen molar-refractivity contribution in [2.75, 3.05) is 31.5 Å². The Bertz CT molecular complexity index is 835. The third-order valence-electron chi connectivity index (χ3n) is 5.72. The summed E-state index contributed by atoms with van der Waals surface area (Å²) in [5.41, 5.74) is 1.78. The highest BCUT2D eigenvalue weighted by Gasteiger charge is 2.28. The van der Waals surface area contributed by atoms with Crippen LogP contribution in [0.25, 0.3) is 0 Å². The van der Waals surface area contributed by atoms with Gasteiger partial charge in [0.05, 0.1) is 0 Å². The molecule has 28 heavy (non-hydrogen) atoms. The summed E-state index contributed by atoms with van der Waals surface area (Å²) in [4.78, 5) is 33.8. The van der Waals surface area contributed by atoms with Gasteiger partial charge in [-0.05, 0) is 49.6 Å². The first-order valence-electron chi connectivity index (χ1n) is 10.1. The number of amides is 2. The first-order valence-corrected chi connectivity index (χ1v) is 10.1.